The first-order chi connectivity index (χ1) is 6.52. The molecule has 0 aromatic rings. The van der Waals surface area contributed by atoms with Gasteiger partial charge in [-0.05, 0) is 13.1 Å². The summed E-state index contributed by atoms with van der Waals surface area (Å²) < 4.78 is 6.35. The molecule has 5 heteroatoms. The molecule has 0 radical (unpaired) electrons. The number of hydrogen-bond donors (Lipinski definition) is 0. The fourth-order valence-corrected chi connectivity index (χ4v) is 67.6. The Bertz CT molecular complexity index is 285. The van der Waals surface area contributed by atoms with Gasteiger partial charge in [-0.15, -0.1) is 12.3 Å². The molecule has 15 heavy (non-hydrogen) atoms. The molecule has 88 valence electrons. The summed E-state index contributed by atoms with van der Waals surface area (Å²) in [5, 5.41) is 0. The molecule has 1 heterocycles. The lowest BCUT2D eigenvalue weighted by molar-refractivity contribution is 0.382. The van der Waals surface area contributed by atoms with Gasteiger partial charge in [0.05, 0.1) is 14.7 Å². The monoisotopic (exact) mass is 274 g/mol. The minimum Gasteiger partial charge on any atom is -0.423 e. The van der Waals surface area contributed by atoms with Gasteiger partial charge >= 0.3 is 0 Å². The SMILES string of the molecule is C=C[Si]1(C)CO[Si](C)(C)[Si](C)(C)[Si]1(C)C. The van der Waals surface area contributed by atoms with Crippen molar-refractivity contribution in [2.45, 2.75) is 45.8 Å². The molecule has 0 aromatic carbocycles. The van der Waals surface area contributed by atoms with E-state index in [0.717, 1.165) is 6.23 Å². The number of hydrogen-bond acceptors (Lipinski definition) is 1. The average Bonchev–Trinajstić information content (AvgIpc) is 2.11. The van der Waals surface area contributed by atoms with E-state index in [0.29, 0.717) is 0 Å². The molecule has 1 fully saturated rings. The molecule has 1 nitrogen and oxygen atoms in total. The summed E-state index contributed by atoms with van der Waals surface area (Å²) in [5.41, 5.74) is 2.32. The van der Waals surface area contributed by atoms with Crippen molar-refractivity contribution in [2.75, 3.05) is 6.23 Å². The molecule has 0 spiro atoms. The maximum atomic E-state index is 6.35. The smallest absolute Gasteiger partial charge is 0.170 e. The van der Waals surface area contributed by atoms with E-state index in [2.05, 4.69) is 58.1 Å². The van der Waals surface area contributed by atoms with Crippen LogP contribution >= 0.6 is 0 Å². The van der Waals surface area contributed by atoms with Gasteiger partial charge in [0.15, 0.2) is 7.83 Å². The summed E-state index contributed by atoms with van der Waals surface area (Å²) in [7, 11) is -4.92. The van der Waals surface area contributed by atoms with Crippen LogP contribution in [0.25, 0.3) is 0 Å². The Morgan fingerprint density at radius 3 is 1.80 bits per heavy atom. The number of rotatable bonds is 1. The molecule has 1 rings (SSSR count). The van der Waals surface area contributed by atoms with Crippen molar-refractivity contribution >= 4 is 29.6 Å². The lowest BCUT2D eigenvalue weighted by atomic mass is 11.3. The Labute approximate surface area is 98.5 Å². The molecule has 0 saturated carbocycles. The summed E-state index contributed by atoms with van der Waals surface area (Å²) in [4.78, 5) is 0. The van der Waals surface area contributed by atoms with Crippen molar-refractivity contribution in [3.8, 4) is 0 Å². The van der Waals surface area contributed by atoms with E-state index in [1.807, 2.05) is 0 Å². The zero-order chi connectivity index (χ0) is 12.1. The van der Waals surface area contributed by atoms with Crippen LogP contribution in [-0.2, 0) is 4.43 Å². The normalized spacial score (nSPS) is 37.3. The van der Waals surface area contributed by atoms with Crippen LogP contribution in [0.4, 0.5) is 0 Å². The molecule has 1 aliphatic rings. The van der Waals surface area contributed by atoms with Gasteiger partial charge in [0.2, 0.25) is 0 Å². The van der Waals surface area contributed by atoms with Crippen LogP contribution in [0.3, 0.4) is 0 Å². The Kier molecular flexibility index (Phi) is 3.21. The molecule has 0 amide bonds. The highest BCUT2D eigenvalue weighted by Crippen LogP contribution is 2.40. The van der Waals surface area contributed by atoms with Crippen LogP contribution in [0.5, 0.6) is 0 Å². The molecule has 0 N–H and O–H groups in total. The van der Waals surface area contributed by atoms with Crippen molar-refractivity contribution in [1.82, 2.24) is 0 Å². The van der Waals surface area contributed by atoms with Gasteiger partial charge in [0.1, 0.15) is 0 Å². The first-order valence-electron chi connectivity index (χ1n) is 5.79. The van der Waals surface area contributed by atoms with Crippen LogP contribution < -0.4 is 0 Å². The third kappa shape index (κ3) is 1.63. The van der Waals surface area contributed by atoms with Gasteiger partial charge in [0.25, 0.3) is 0 Å². The van der Waals surface area contributed by atoms with Crippen LogP contribution in [0.2, 0.25) is 45.8 Å². The highest BCUT2D eigenvalue weighted by atomic mass is 29.8. The van der Waals surface area contributed by atoms with Crippen molar-refractivity contribution in [3.63, 3.8) is 0 Å². The van der Waals surface area contributed by atoms with Gasteiger partial charge in [-0.2, -0.15) is 0 Å². The van der Waals surface area contributed by atoms with E-state index in [1.54, 1.807) is 0 Å². The second-order valence-corrected chi connectivity index (χ2v) is 45.1. The van der Waals surface area contributed by atoms with Gasteiger partial charge in [-0.3, -0.25) is 0 Å². The molecule has 0 bridgehead atoms. The maximum absolute atomic E-state index is 6.35. The molecule has 0 aliphatic carbocycles. The predicted octanol–water partition coefficient (Wildman–Crippen LogP) is 3.22. The second-order valence-electron chi connectivity index (χ2n) is 6.67. The third-order valence-corrected chi connectivity index (χ3v) is 70.0. The van der Waals surface area contributed by atoms with Gasteiger partial charge in [-0.1, -0.05) is 32.7 Å². The topological polar surface area (TPSA) is 9.23 Å². The first-order valence-corrected chi connectivity index (χ1v) is 20.5. The zero-order valence-corrected chi connectivity index (χ0v) is 15.4. The summed E-state index contributed by atoms with van der Waals surface area (Å²) >= 11 is 0. The molecule has 1 atom stereocenters. The van der Waals surface area contributed by atoms with E-state index in [9.17, 15) is 0 Å². The molecular formula is C10H26OSi4. The van der Waals surface area contributed by atoms with E-state index in [-0.39, 0.29) is 0 Å². The van der Waals surface area contributed by atoms with Crippen LogP contribution in [0, 0.1) is 0 Å². The minimum absolute atomic E-state index is 1.06. The Balaban J connectivity index is 3.27. The third-order valence-electron chi connectivity index (χ3n) is 5.68. The Hall–Kier alpha value is 0.568. The zero-order valence-electron chi connectivity index (χ0n) is 11.4. The standard InChI is InChI=1S/C10H26OSi4/c1-9-15(8)10-11-12(2,3)13(4,5)14(15,6)7/h9H,1,10H2,2-8H3. The van der Waals surface area contributed by atoms with E-state index in [1.165, 1.54) is 0 Å². The van der Waals surface area contributed by atoms with Gasteiger partial charge < -0.3 is 4.43 Å². The highest BCUT2D eigenvalue weighted by molar-refractivity contribution is 7.83. The molecule has 1 unspecified atom stereocenters. The molecule has 1 saturated heterocycles. The quantitative estimate of drug-likeness (QED) is 0.667. The van der Waals surface area contributed by atoms with Crippen LogP contribution in [-0.4, -0.2) is 35.9 Å². The van der Waals surface area contributed by atoms with Crippen LogP contribution in [0.1, 0.15) is 0 Å². The fourth-order valence-electron chi connectivity index (χ4n) is 2.47. The van der Waals surface area contributed by atoms with E-state index in [4.69, 9.17) is 4.43 Å². The summed E-state index contributed by atoms with van der Waals surface area (Å²) in [6.45, 7) is 22.0. The highest BCUT2D eigenvalue weighted by Gasteiger charge is 2.64. The fraction of sp³-hybridized carbons (Fsp3) is 0.800. The Morgan fingerprint density at radius 1 is 0.933 bits per heavy atom. The van der Waals surface area contributed by atoms with E-state index >= 15 is 0 Å². The van der Waals surface area contributed by atoms with Crippen molar-refractivity contribution in [3.05, 3.63) is 12.3 Å². The minimum atomic E-state index is -1.37. The Morgan fingerprint density at radius 2 is 1.40 bits per heavy atom. The summed E-state index contributed by atoms with van der Waals surface area (Å²) in [6, 6.07) is 0. The first kappa shape index (κ1) is 13.6. The summed E-state index contributed by atoms with van der Waals surface area (Å²) in [6.07, 6.45) is 1.06. The van der Waals surface area contributed by atoms with Gasteiger partial charge in [-0.25, -0.2) is 0 Å². The maximum Gasteiger partial charge on any atom is 0.170 e. The van der Waals surface area contributed by atoms with Crippen molar-refractivity contribution in [1.29, 1.82) is 0 Å². The van der Waals surface area contributed by atoms with E-state index < -0.39 is 29.6 Å². The van der Waals surface area contributed by atoms with Crippen molar-refractivity contribution < 1.29 is 4.43 Å². The predicted molar refractivity (Wildman–Crippen MR) is 80.2 cm³/mol. The van der Waals surface area contributed by atoms with Crippen molar-refractivity contribution in [2.24, 2.45) is 0 Å². The molecular weight excluding hydrogens is 248 g/mol. The average molecular weight is 275 g/mol. The van der Waals surface area contributed by atoms with Gasteiger partial charge in [0, 0.05) is 13.3 Å². The lowest BCUT2D eigenvalue weighted by Gasteiger charge is -2.59. The summed E-state index contributed by atoms with van der Waals surface area (Å²) in [5.74, 6) is 0. The molecule has 0 aromatic heterocycles. The largest absolute Gasteiger partial charge is 0.423 e. The lowest BCUT2D eigenvalue weighted by Crippen LogP contribution is -2.85. The molecule has 1 aliphatic heterocycles. The second kappa shape index (κ2) is 3.53. The van der Waals surface area contributed by atoms with Crippen LogP contribution in [0.15, 0.2) is 12.3 Å².